The van der Waals surface area contributed by atoms with Crippen molar-refractivity contribution in [1.29, 1.82) is 0 Å². The fourth-order valence-corrected chi connectivity index (χ4v) is 4.29. The van der Waals surface area contributed by atoms with Gasteiger partial charge in [-0.2, -0.15) is 0 Å². The second kappa shape index (κ2) is 11.4. The first kappa shape index (κ1) is 18.6. The summed E-state index contributed by atoms with van der Waals surface area (Å²) in [4.78, 5) is 11.1. The molecule has 0 aromatic rings. The highest BCUT2D eigenvalue weighted by atomic mass is 28.4. The van der Waals surface area contributed by atoms with Gasteiger partial charge >= 0.3 is 14.5 Å². The summed E-state index contributed by atoms with van der Waals surface area (Å²) in [6, 6.07) is 0.973. The molecular weight excluding hydrogens is 262 g/mol. The topological polar surface area (TPSA) is 56.8 Å². The van der Waals surface area contributed by atoms with Gasteiger partial charge in [0.2, 0.25) is 0 Å². The minimum Gasteiger partial charge on any atom is -0.466 e. The lowest BCUT2D eigenvalue weighted by Crippen LogP contribution is -2.39. The smallest absolute Gasteiger partial charge is 0.334 e. The molecule has 0 aromatic heterocycles. The Kier molecular flexibility index (Phi) is 11.1. The first-order chi connectivity index (χ1) is 9.08. The zero-order valence-electron chi connectivity index (χ0n) is 12.8. The molecule has 0 aliphatic heterocycles. The van der Waals surface area contributed by atoms with Gasteiger partial charge in [-0.25, -0.2) is 0 Å². The molecule has 0 fully saturated rings. The second-order valence-corrected chi connectivity index (χ2v) is 7.75. The van der Waals surface area contributed by atoms with Gasteiger partial charge in [-0.3, -0.25) is 4.79 Å². The molecule has 0 saturated heterocycles. The average molecular weight is 291 g/mol. The lowest BCUT2D eigenvalue weighted by molar-refractivity contribution is -0.142. The SMILES string of the molecule is CCOC(=O)CCNCCC[Si](C)(OCC)OCC. The minimum atomic E-state index is -1.98. The number of carbonyl (C=O) groups excluding carboxylic acids is 1. The predicted molar refractivity (Wildman–Crippen MR) is 78.4 cm³/mol. The van der Waals surface area contributed by atoms with Crippen LogP contribution in [0.5, 0.6) is 0 Å². The molecule has 0 saturated carbocycles. The summed E-state index contributed by atoms with van der Waals surface area (Å²) in [6.07, 6.45) is 1.44. The summed E-state index contributed by atoms with van der Waals surface area (Å²) in [6.45, 7) is 11.3. The number of rotatable bonds is 12. The maximum Gasteiger partial charge on any atom is 0.334 e. The van der Waals surface area contributed by atoms with Crippen LogP contribution in [0.4, 0.5) is 0 Å². The molecule has 0 radical (unpaired) electrons. The predicted octanol–water partition coefficient (Wildman–Crippen LogP) is 2.06. The molecule has 114 valence electrons. The van der Waals surface area contributed by atoms with E-state index in [2.05, 4.69) is 11.9 Å². The fraction of sp³-hybridized carbons (Fsp3) is 0.923. The molecule has 0 aromatic carbocycles. The molecule has 0 unspecified atom stereocenters. The van der Waals surface area contributed by atoms with E-state index in [0.717, 1.165) is 19.0 Å². The maximum atomic E-state index is 11.1. The van der Waals surface area contributed by atoms with Gasteiger partial charge in [0, 0.05) is 19.8 Å². The number of hydrogen-bond acceptors (Lipinski definition) is 5. The zero-order chi connectivity index (χ0) is 14.6. The van der Waals surface area contributed by atoms with Crippen molar-refractivity contribution in [1.82, 2.24) is 5.32 Å². The molecule has 0 aliphatic rings. The van der Waals surface area contributed by atoms with Crippen LogP contribution in [0.1, 0.15) is 33.6 Å². The minimum absolute atomic E-state index is 0.141. The molecule has 0 amide bonds. The Balaban J connectivity index is 3.63. The van der Waals surface area contributed by atoms with Crippen molar-refractivity contribution in [2.24, 2.45) is 0 Å². The van der Waals surface area contributed by atoms with E-state index in [1.54, 1.807) is 0 Å². The molecule has 19 heavy (non-hydrogen) atoms. The van der Waals surface area contributed by atoms with Crippen molar-refractivity contribution >= 4 is 14.5 Å². The maximum absolute atomic E-state index is 11.1. The third-order valence-corrected chi connectivity index (χ3v) is 5.76. The standard InChI is InChI=1S/C13H29NO4Si/c1-5-16-13(15)9-11-14-10-8-12-19(4,17-6-2)18-7-3/h14H,5-12H2,1-4H3. The van der Waals surface area contributed by atoms with E-state index in [9.17, 15) is 4.79 Å². The molecule has 5 nitrogen and oxygen atoms in total. The van der Waals surface area contributed by atoms with Gasteiger partial charge in [0.1, 0.15) is 0 Å². The lowest BCUT2D eigenvalue weighted by Gasteiger charge is -2.25. The number of esters is 1. The fourth-order valence-electron chi connectivity index (χ4n) is 1.88. The van der Waals surface area contributed by atoms with Crippen LogP contribution in [0.3, 0.4) is 0 Å². The van der Waals surface area contributed by atoms with Crippen LogP contribution in [0, 0.1) is 0 Å². The Bertz CT molecular complexity index is 233. The van der Waals surface area contributed by atoms with Gasteiger partial charge in [0.15, 0.2) is 0 Å². The molecular formula is C13H29NO4Si. The summed E-state index contributed by atoms with van der Waals surface area (Å²) in [5.41, 5.74) is 0. The van der Waals surface area contributed by atoms with Gasteiger partial charge in [0.25, 0.3) is 0 Å². The molecule has 0 aliphatic carbocycles. The van der Waals surface area contributed by atoms with E-state index in [0.29, 0.717) is 32.8 Å². The highest BCUT2D eigenvalue weighted by Crippen LogP contribution is 2.15. The summed E-state index contributed by atoms with van der Waals surface area (Å²) < 4.78 is 16.4. The Morgan fingerprint density at radius 2 is 1.68 bits per heavy atom. The molecule has 0 rings (SSSR count). The van der Waals surface area contributed by atoms with Crippen LogP contribution in [-0.4, -0.2) is 47.4 Å². The summed E-state index contributed by atoms with van der Waals surface area (Å²) >= 11 is 0. The number of nitrogens with one attached hydrogen (secondary N) is 1. The Hall–Kier alpha value is -0.433. The van der Waals surface area contributed by atoms with Gasteiger partial charge in [-0.05, 0) is 46.3 Å². The lowest BCUT2D eigenvalue weighted by atomic mass is 10.4. The first-order valence-corrected chi connectivity index (χ1v) is 9.74. The molecule has 0 heterocycles. The van der Waals surface area contributed by atoms with Gasteiger partial charge in [0.05, 0.1) is 13.0 Å². The number of carbonyl (C=O) groups is 1. The largest absolute Gasteiger partial charge is 0.466 e. The van der Waals surface area contributed by atoms with Crippen molar-refractivity contribution in [3.63, 3.8) is 0 Å². The van der Waals surface area contributed by atoms with Gasteiger partial charge in [-0.1, -0.05) is 0 Å². The normalized spacial score (nSPS) is 11.6. The van der Waals surface area contributed by atoms with Crippen molar-refractivity contribution in [3.05, 3.63) is 0 Å². The monoisotopic (exact) mass is 291 g/mol. The number of hydrogen-bond donors (Lipinski definition) is 1. The van der Waals surface area contributed by atoms with Crippen LogP contribution in [0.15, 0.2) is 0 Å². The highest BCUT2D eigenvalue weighted by molar-refractivity contribution is 6.66. The van der Waals surface area contributed by atoms with Crippen molar-refractivity contribution in [3.8, 4) is 0 Å². The Labute approximate surface area is 118 Å². The molecule has 0 bridgehead atoms. The van der Waals surface area contributed by atoms with Crippen LogP contribution in [0.25, 0.3) is 0 Å². The Morgan fingerprint density at radius 1 is 1.05 bits per heavy atom. The van der Waals surface area contributed by atoms with Gasteiger partial charge in [-0.15, -0.1) is 0 Å². The zero-order valence-corrected chi connectivity index (χ0v) is 13.8. The van der Waals surface area contributed by atoms with Crippen LogP contribution >= 0.6 is 0 Å². The molecule has 0 atom stereocenters. The molecule has 0 spiro atoms. The van der Waals surface area contributed by atoms with Crippen molar-refractivity contribution < 1.29 is 18.4 Å². The van der Waals surface area contributed by atoms with E-state index < -0.39 is 8.56 Å². The third kappa shape index (κ3) is 10.1. The quantitative estimate of drug-likeness (QED) is 0.339. The first-order valence-electron chi connectivity index (χ1n) is 7.22. The molecule has 6 heteroatoms. The number of ether oxygens (including phenoxy) is 1. The van der Waals surface area contributed by atoms with Gasteiger partial charge < -0.3 is 18.9 Å². The summed E-state index contributed by atoms with van der Waals surface area (Å²) in [5, 5.41) is 3.24. The summed E-state index contributed by atoms with van der Waals surface area (Å²) in [5.74, 6) is -0.141. The van der Waals surface area contributed by atoms with Crippen molar-refractivity contribution in [2.45, 2.75) is 46.2 Å². The van der Waals surface area contributed by atoms with Crippen LogP contribution < -0.4 is 5.32 Å². The highest BCUT2D eigenvalue weighted by Gasteiger charge is 2.29. The average Bonchev–Trinajstić information content (AvgIpc) is 2.34. The van der Waals surface area contributed by atoms with Crippen molar-refractivity contribution in [2.75, 3.05) is 32.9 Å². The van der Waals surface area contributed by atoms with E-state index in [-0.39, 0.29) is 5.97 Å². The van der Waals surface area contributed by atoms with Crippen LogP contribution in [-0.2, 0) is 18.4 Å². The van der Waals surface area contributed by atoms with E-state index in [1.165, 1.54) is 0 Å². The van der Waals surface area contributed by atoms with Crippen LogP contribution in [0.2, 0.25) is 12.6 Å². The summed E-state index contributed by atoms with van der Waals surface area (Å²) in [7, 11) is -1.98. The Morgan fingerprint density at radius 3 is 2.21 bits per heavy atom. The van der Waals surface area contributed by atoms with E-state index >= 15 is 0 Å². The second-order valence-electron chi connectivity index (χ2n) is 4.41. The molecule has 1 N–H and O–H groups in total. The van der Waals surface area contributed by atoms with E-state index in [4.69, 9.17) is 13.6 Å². The third-order valence-electron chi connectivity index (χ3n) is 2.70. The van der Waals surface area contributed by atoms with E-state index in [1.807, 2.05) is 20.8 Å².